The summed E-state index contributed by atoms with van der Waals surface area (Å²) in [4.78, 5) is 12.6. The van der Waals surface area contributed by atoms with Crippen LogP contribution in [0.1, 0.15) is 37.0 Å². The predicted molar refractivity (Wildman–Crippen MR) is 61.5 cm³/mol. The molecule has 0 aliphatic heterocycles. The molecule has 0 fully saturated rings. The van der Waals surface area contributed by atoms with Crippen molar-refractivity contribution >= 4 is 5.97 Å². The van der Waals surface area contributed by atoms with E-state index in [4.69, 9.17) is 9.52 Å². The molecule has 0 bridgehead atoms. The lowest BCUT2D eigenvalue weighted by molar-refractivity contribution is -0.138. The molecule has 0 aliphatic carbocycles. The quantitative estimate of drug-likeness (QED) is 0.835. The fourth-order valence-corrected chi connectivity index (χ4v) is 1.96. The summed E-state index contributed by atoms with van der Waals surface area (Å²) < 4.78 is 5.46. The highest BCUT2D eigenvalue weighted by molar-refractivity contribution is 5.69. The van der Waals surface area contributed by atoms with Crippen LogP contribution in [0.25, 0.3) is 0 Å². The zero-order valence-corrected chi connectivity index (χ0v) is 10.3. The minimum absolute atomic E-state index is 0.0569. The zero-order valence-electron chi connectivity index (χ0n) is 10.3. The van der Waals surface area contributed by atoms with Gasteiger partial charge in [0.1, 0.15) is 11.5 Å². The van der Waals surface area contributed by atoms with Gasteiger partial charge in [0, 0.05) is 11.6 Å². The number of aryl methyl sites for hydroxylation is 2. The van der Waals surface area contributed by atoms with E-state index in [1.54, 1.807) is 0 Å². The fourth-order valence-electron chi connectivity index (χ4n) is 1.96. The number of carboxylic acids is 1. The standard InChI is InChI=1S/C12H19NO3/c1-5-13(7-12(14)15)9(3)11-6-8(2)16-10(11)4/h6,9H,5,7H2,1-4H3,(H,14,15). The smallest absolute Gasteiger partial charge is 0.317 e. The van der Waals surface area contributed by atoms with Crippen molar-refractivity contribution < 1.29 is 14.3 Å². The lowest BCUT2D eigenvalue weighted by atomic mass is 10.1. The molecule has 1 atom stereocenters. The second-order valence-electron chi connectivity index (χ2n) is 4.00. The van der Waals surface area contributed by atoms with E-state index in [2.05, 4.69) is 0 Å². The molecule has 4 heteroatoms. The lowest BCUT2D eigenvalue weighted by Gasteiger charge is -2.25. The van der Waals surface area contributed by atoms with E-state index in [0.717, 1.165) is 17.1 Å². The number of hydrogen-bond donors (Lipinski definition) is 1. The fraction of sp³-hybridized carbons (Fsp3) is 0.583. The van der Waals surface area contributed by atoms with Crippen LogP contribution in [0.5, 0.6) is 0 Å². The number of hydrogen-bond acceptors (Lipinski definition) is 3. The summed E-state index contributed by atoms with van der Waals surface area (Å²) >= 11 is 0. The Hall–Kier alpha value is -1.29. The van der Waals surface area contributed by atoms with E-state index in [1.165, 1.54) is 0 Å². The molecule has 0 amide bonds. The van der Waals surface area contributed by atoms with Gasteiger partial charge in [-0.3, -0.25) is 9.69 Å². The number of likely N-dealkylation sites (N-methyl/N-ethyl adjacent to an activating group) is 1. The maximum atomic E-state index is 10.7. The molecular weight excluding hydrogens is 206 g/mol. The van der Waals surface area contributed by atoms with Crippen LogP contribution < -0.4 is 0 Å². The SMILES string of the molecule is CCN(CC(=O)O)C(C)c1cc(C)oc1C. The molecule has 90 valence electrons. The largest absolute Gasteiger partial charge is 0.480 e. The van der Waals surface area contributed by atoms with Crippen molar-refractivity contribution in [3.8, 4) is 0 Å². The Bertz CT molecular complexity index is 370. The molecule has 1 N–H and O–H groups in total. The van der Waals surface area contributed by atoms with Crippen LogP contribution in [0.4, 0.5) is 0 Å². The molecule has 1 heterocycles. The minimum atomic E-state index is -0.799. The number of aliphatic carboxylic acids is 1. The van der Waals surface area contributed by atoms with E-state index in [9.17, 15) is 4.79 Å². The van der Waals surface area contributed by atoms with Gasteiger partial charge >= 0.3 is 5.97 Å². The number of furan rings is 1. The maximum absolute atomic E-state index is 10.7. The highest BCUT2D eigenvalue weighted by Crippen LogP contribution is 2.25. The summed E-state index contributed by atoms with van der Waals surface area (Å²) in [6, 6.07) is 2.04. The summed E-state index contributed by atoms with van der Waals surface area (Å²) in [6.07, 6.45) is 0. The van der Waals surface area contributed by atoms with Gasteiger partial charge in [-0.25, -0.2) is 0 Å². The predicted octanol–water partition coefficient (Wildman–Crippen LogP) is 2.36. The van der Waals surface area contributed by atoms with Crippen LogP contribution in [0.3, 0.4) is 0 Å². The Morgan fingerprint density at radius 2 is 2.19 bits per heavy atom. The van der Waals surface area contributed by atoms with E-state index in [1.807, 2.05) is 38.7 Å². The molecule has 0 saturated heterocycles. The van der Waals surface area contributed by atoms with Crippen LogP contribution in [-0.4, -0.2) is 29.1 Å². The highest BCUT2D eigenvalue weighted by atomic mass is 16.4. The summed E-state index contributed by atoms with van der Waals surface area (Å²) in [6.45, 7) is 8.54. The molecule has 1 aromatic heterocycles. The Morgan fingerprint density at radius 1 is 1.56 bits per heavy atom. The van der Waals surface area contributed by atoms with Crippen molar-refractivity contribution in [3.63, 3.8) is 0 Å². The maximum Gasteiger partial charge on any atom is 0.317 e. The monoisotopic (exact) mass is 225 g/mol. The third-order valence-electron chi connectivity index (χ3n) is 2.82. The summed E-state index contributed by atoms with van der Waals surface area (Å²) in [5, 5.41) is 8.82. The van der Waals surface area contributed by atoms with Crippen LogP contribution in [-0.2, 0) is 4.79 Å². The van der Waals surface area contributed by atoms with Gasteiger partial charge in [-0.15, -0.1) is 0 Å². The molecule has 4 nitrogen and oxygen atoms in total. The first kappa shape index (κ1) is 12.8. The van der Waals surface area contributed by atoms with Crippen molar-refractivity contribution in [1.82, 2.24) is 4.90 Å². The third kappa shape index (κ3) is 2.85. The van der Waals surface area contributed by atoms with E-state index in [-0.39, 0.29) is 12.6 Å². The van der Waals surface area contributed by atoms with Gasteiger partial charge in [-0.1, -0.05) is 6.92 Å². The molecule has 0 aliphatic rings. The molecule has 0 aromatic carbocycles. The topological polar surface area (TPSA) is 53.7 Å². The average Bonchev–Trinajstić information content (AvgIpc) is 2.53. The van der Waals surface area contributed by atoms with Crippen LogP contribution >= 0.6 is 0 Å². The Kier molecular flexibility index (Phi) is 4.12. The van der Waals surface area contributed by atoms with E-state index >= 15 is 0 Å². The second kappa shape index (κ2) is 5.16. The molecule has 1 aromatic rings. The lowest BCUT2D eigenvalue weighted by Crippen LogP contribution is -2.32. The van der Waals surface area contributed by atoms with Crippen molar-refractivity contribution in [1.29, 1.82) is 0 Å². The number of rotatable bonds is 5. The number of carboxylic acid groups (broad SMARTS) is 1. The third-order valence-corrected chi connectivity index (χ3v) is 2.82. The summed E-state index contributed by atoms with van der Waals surface area (Å²) in [5.74, 6) is 0.936. The Morgan fingerprint density at radius 3 is 2.56 bits per heavy atom. The molecule has 1 unspecified atom stereocenters. The number of carbonyl (C=O) groups is 1. The molecule has 0 spiro atoms. The van der Waals surface area contributed by atoms with Crippen LogP contribution in [0.15, 0.2) is 10.5 Å². The molecule has 0 radical (unpaired) electrons. The minimum Gasteiger partial charge on any atom is -0.480 e. The summed E-state index contributed by atoms with van der Waals surface area (Å²) in [5.41, 5.74) is 1.07. The molecule has 16 heavy (non-hydrogen) atoms. The van der Waals surface area contributed by atoms with Gasteiger partial charge in [0.2, 0.25) is 0 Å². The van der Waals surface area contributed by atoms with E-state index in [0.29, 0.717) is 6.54 Å². The second-order valence-corrected chi connectivity index (χ2v) is 4.00. The van der Waals surface area contributed by atoms with E-state index < -0.39 is 5.97 Å². The van der Waals surface area contributed by atoms with Crippen molar-refractivity contribution in [3.05, 3.63) is 23.2 Å². The van der Waals surface area contributed by atoms with Gasteiger partial charge in [0.15, 0.2) is 0 Å². The van der Waals surface area contributed by atoms with Gasteiger partial charge in [0.05, 0.1) is 6.54 Å². The molecular formula is C12H19NO3. The van der Waals surface area contributed by atoms with Crippen LogP contribution in [0.2, 0.25) is 0 Å². The van der Waals surface area contributed by atoms with Crippen molar-refractivity contribution in [2.75, 3.05) is 13.1 Å². The normalized spacial score (nSPS) is 13.1. The highest BCUT2D eigenvalue weighted by Gasteiger charge is 2.20. The Labute approximate surface area is 95.9 Å². The first-order valence-electron chi connectivity index (χ1n) is 5.48. The molecule has 0 saturated carbocycles. The average molecular weight is 225 g/mol. The van der Waals surface area contributed by atoms with Crippen LogP contribution in [0, 0.1) is 13.8 Å². The van der Waals surface area contributed by atoms with Gasteiger partial charge in [0.25, 0.3) is 0 Å². The van der Waals surface area contributed by atoms with Gasteiger partial charge < -0.3 is 9.52 Å². The zero-order chi connectivity index (χ0) is 12.3. The molecule has 1 rings (SSSR count). The summed E-state index contributed by atoms with van der Waals surface area (Å²) in [7, 11) is 0. The Balaban J connectivity index is 2.86. The first-order chi connectivity index (χ1) is 7.45. The van der Waals surface area contributed by atoms with Crippen molar-refractivity contribution in [2.45, 2.75) is 33.7 Å². The first-order valence-corrected chi connectivity index (χ1v) is 5.48. The number of nitrogens with zero attached hydrogens (tertiary/aromatic N) is 1. The van der Waals surface area contributed by atoms with Gasteiger partial charge in [-0.05, 0) is 33.4 Å². The van der Waals surface area contributed by atoms with Gasteiger partial charge in [-0.2, -0.15) is 0 Å². The van der Waals surface area contributed by atoms with Crippen molar-refractivity contribution in [2.24, 2.45) is 0 Å².